The fourth-order valence-corrected chi connectivity index (χ4v) is 5.35. The van der Waals surface area contributed by atoms with Gasteiger partial charge in [-0.3, -0.25) is 4.79 Å². The summed E-state index contributed by atoms with van der Waals surface area (Å²) in [7, 11) is -3.64. The fraction of sp³-hybridized carbons (Fsp3) is 0.435. The lowest BCUT2D eigenvalue weighted by Crippen LogP contribution is -2.35. The van der Waals surface area contributed by atoms with Crippen LogP contribution in [-0.4, -0.2) is 44.9 Å². The van der Waals surface area contributed by atoms with Crippen molar-refractivity contribution in [1.29, 1.82) is 0 Å². The van der Waals surface area contributed by atoms with Gasteiger partial charge in [-0.1, -0.05) is 50.1 Å². The zero-order valence-corrected chi connectivity index (χ0v) is 19.5. The molecule has 3 rings (SSSR count). The first-order valence-electron chi connectivity index (χ1n) is 10.6. The van der Waals surface area contributed by atoms with Crippen molar-refractivity contribution >= 4 is 27.5 Å². The topological polar surface area (TPSA) is 75.7 Å². The van der Waals surface area contributed by atoms with E-state index >= 15 is 0 Å². The zero-order chi connectivity index (χ0) is 22.4. The average molecular weight is 465 g/mol. The summed E-state index contributed by atoms with van der Waals surface area (Å²) in [6, 6.07) is 12.1. The van der Waals surface area contributed by atoms with Gasteiger partial charge in [0.1, 0.15) is 12.4 Å². The molecule has 0 radical (unpaired) electrons. The zero-order valence-electron chi connectivity index (χ0n) is 17.9. The number of piperidine rings is 1. The van der Waals surface area contributed by atoms with Crippen molar-refractivity contribution in [3.8, 4) is 5.75 Å². The van der Waals surface area contributed by atoms with E-state index < -0.39 is 15.9 Å². The van der Waals surface area contributed by atoms with E-state index in [1.807, 2.05) is 24.3 Å². The highest BCUT2D eigenvalue weighted by molar-refractivity contribution is 7.89. The van der Waals surface area contributed by atoms with E-state index in [1.165, 1.54) is 22.5 Å². The van der Waals surface area contributed by atoms with Gasteiger partial charge in [-0.15, -0.1) is 0 Å². The Kier molecular flexibility index (Phi) is 7.97. The molecule has 0 bridgehead atoms. The number of benzene rings is 2. The van der Waals surface area contributed by atoms with Gasteiger partial charge in [0.05, 0.1) is 22.0 Å². The van der Waals surface area contributed by atoms with Gasteiger partial charge in [-0.2, -0.15) is 4.31 Å². The van der Waals surface area contributed by atoms with Crippen molar-refractivity contribution < 1.29 is 17.9 Å². The number of nitrogens with one attached hydrogen (secondary N) is 1. The van der Waals surface area contributed by atoms with Gasteiger partial charge < -0.3 is 10.1 Å². The second kappa shape index (κ2) is 10.5. The number of amides is 1. The Balaban J connectivity index is 1.63. The standard InChI is InChI=1S/C23H29ClN2O4S/c1-17(2)19-8-4-5-9-22(19)30-15-12-25-23(27)20-16-18(10-11-21(20)24)31(28,29)26-13-6-3-7-14-26/h4-5,8-11,16-17H,3,6-7,12-15H2,1-2H3,(H,25,27). The minimum atomic E-state index is -3.64. The largest absolute Gasteiger partial charge is 0.491 e. The summed E-state index contributed by atoms with van der Waals surface area (Å²) in [5.74, 6) is 0.690. The minimum Gasteiger partial charge on any atom is -0.491 e. The summed E-state index contributed by atoms with van der Waals surface area (Å²) in [5, 5.41) is 2.97. The van der Waals surface area contributed by atoms with Crippen molar-refractivity contribution in [2.75, 3.05) is 26.2 Å². The lowest BCUT2D eigenvalue weighted by Gasteiger charge is -2.26. The first-order chi connectivity index (χ1) is 14.8. The predicted molar refractivity (Wildman–Crippen MR) is 122 cm³/mol. The number of rotatable bonds is 8. The van der Waals surface area contributed by atoms with Gasteiger partial charge >= 0.3 is 0 Å². The molecule has 0 unspecified atom stereocenters. The molecule has 2 aromatic carbocycles. The van der Waals surface area contributed by atoms with Crippen LogP contribution in [0.4, 0.5) is 0 Å². The van der Waals surface area contributed by atoms with Gasteiger partial charge in [-0.25, -0.2) is 8.42 Å². The molecule has 1 aliphatic heterocycles. The molecule has 0 aliphatic carbocycles. The van der Waals surface area contributed by atoms with Gasteiger partial charge in [0.2, 0.25) is 10.0 Å². The highest BCUT2D eigenvalue weighted by atomic mass is 35.5. The smallest absolute Gasteiger partial charge is 0.252 e. The Hall–Kier alpha value is -2.09. The molecule has 0 aromatic heterocycles. The van der Waals surface area contributed by atoms with E-state index in [0.717, 1.165) is 30.6 Å². The van der Waals surface area contributed by atoms with Crippen LogP contribution in [0.3, 0.4) is 0 Å². The maximum absolute atomic E-state index is 12.9. The molecule has 2 aromatic rings. The Bertz CT molecular complexity index is 1020. The second-order valence-electron chi connectivity index (χ2n) is 7.90. The molecule has 1 saturated heterocycles. The van der Waals surface area contributed by atoms with E-state index in [1.54, 1.807) is 0 Å². The molecule has 31 heavy (non-hydrogen) atoms. The highest BCUT2D eigenvalue weighted by Crippen LogP contribution is 2.26. The van der Waals surface area contributed by atoms with Crippen LogP contribution in [0.5, 0.6) is 5.75 Å². The van der Waals surface area contributed by atoms with E-state index in [0.29, 0.717) is 25.6 Å². The molecule has 0 atom stereocenters. The van der Waals surface area contributed by atoms with E-state index in [2.05, 4.69) is 19.2 Å². The number of para-hydroxylation sites is 1. The third kappa shape index (κ3) is 5.79. The lowest BCUT2D eigenvalue weighted by molar-refractivity contribution is 0.0947. The Morgan fingerprint density at radius 2 is 1.84 bits per heavy atom. The summed E-state index contributed by atoms with van der Waals surface area (Å²) in [6.07, 6.45) is 2.73. The molecule has 0 spiro atoms. The summed E-state index contributed by atoms with van der Waals surface area (Å²) >= 11 is 6.19. The Morgan fingerprint density at radius 3 is 2.55 bits per heavy atom. The monoisotopic (exact) mass is 464 g/mol. The normalized spacial score (nSPS) is 15.1. The fourth-order valence-electron chi connectivity index (χ4n) is 3.60. The Morgan fingerprint density at radius 1 is 1.13 bits per heavy atom. The van der Waals surface area contributed by atoms with Gasteiger partial charge in [0, 0.05) is 13.1 Å². The number of carbonyl (C=O) groups excluding carboxylic acids is 1. The number of sulfonamides is 1. The third-order valence-electron chi connectivity index (χ3n) is 5.32. The van der Waals surface area contributed by atoms with E-state index in [-0.39, 0.29) is 22.0 Å². The van der Waals surface area contributed by atoms with Crippen LogP contribution >= 0.6 is 11.6 Å². The van der Waals surface area contributed by atoms with Crippen molar-refractivity contribution in [3.63, 3.8) is 0 Å². The first kappa shape index (κ1) is 23.6. The molecular weight excluding hydrogens is 436 g/mol. The predicted octanol–water partition coefficient (Wildman–Crippen LogP) is 4.45. The van der Waals surface area contributed by atoms with Gasteiger partial charge in [0.15, 0.2) is 0 Å². The van der Waals surface area contributed by atoms with Crippen molar-refractivity contribution in [2.45, 2.75) is 43.9 Å². The summed E-state index contributed by atoms with van der Waals surface area (Å²) in [5.41, 5.74) is 1.25. The quantitative estimate of drug-likeness (QED) is 0.586. The molecule has 1 aliphatic rings. The third-order valence-corrected chi connectivity index (χ3v) is 7.55. The Labute approximate surface area is 189 Å². The summed E-state index contributed by atoms with van der Waals surface area (Å²) < 4.78 is 33.1. The maximum atomic E-state index is 12.9. The second-order valence-corrected chi connectivity index (χ2v) is 10.2. The number of carbonyl (C=O) groups is 1. The molecule has 1 amide bonds. The van der Waals surface area contributed by atoms with Crippen LogP contribution in [0.15, 0.2) is 47.4 Å². The molecular formula is C23H29ClN2O4S. The number of nitrogens with zero attached hydrogens (tertiary/aromatic N) is 1. The minimum absolute atomic E-state index is 0.0889. The molecule has 8 heteroatoms. The van der Waals surface area contributed by atoms with Crippen LogP contribution in [0.1, 0.15) is 54.9 Å². The number of hydrogen-bond donors (Lipinski definition) is 1. The molecule has 1 fully saturated rings. The summed E-state index contributed by atoms with van der Waals surface area (Å²) in [4.78, 5) is 12.7. The number of halogens is 1. The van der Waals surface area contributed by atoms with Crippen LogP contribution in [-0.2, 0) is 10.0 Å². The highest BCUT2D eigenvalue weighted by Gasteiger charge is 2.27. The molecule has 1 N–H and O–H groups in total. The number of hydrogen-bond acceptors (Lipinski definition) is 4. The lowest BCUT2D eigenvalue weighted by atomic mass is 10.0. The summed E-state index contributed by atoms with van der Waals surface area (Å²) in [6.45, 7) is 5.75. The average Bonchev–Trinajstić information content (AvgIpc) is 2.77. The van der Waals surface area contributed by atoms with Crippen molar-refractivity contribution in [3.05, 3.63) is 58.6 Å². The van der Waals surface area contributed by atoms with Crippen LogP contribution in [0, 0.1) is 0 Å². The molecule has 1 heterocycles. The van der Waals surface area contributed by atoms with Crippen LogP contribution in [0.2, 0.25) is 5.02 Å². The molecule has 0 saturated carbocycles. The SMILES string of the molecule is CC(C)c1ccccc1OCCNC(=O)c1cc(S(=O)(=O)N2CCCCC2)ccc1Cl. The van der Waals surface area contributed by atoms with Gasteiger partial charge in [0.25, 0.3) is 5.91 Å². The van der Waals surface area contributed by atoms with Crippen molar-refractivity contribution in [1.82, 2.24) is 9.62 Å². The van der Waals surface area contributed by atoms with E-state index in [4.69, 9.17) is 16.3 Å². The number of ether oxygens (including phenoxy) is 1. The van der Waals surface area contributed by atoms with Gasteiger partial charge in [-0.05, 0) is 48.6 Å². The molecule has 168 valence electrons. The first-order valence-corrected chi connectivity index (χ1v) is 12.4. The molecule has 6 nitrogen and oxygen atoms in total. The van der Waals surface area contributed by atoms with Crippen LogP contribution < -0.4 is 10.1 Å². The van der Waals surface area contributed by atoms with E-state index in [9.17, 15) is 13.2 Å². The van der Waals surface area contributed by atoms with Crippen LogP contribution in [0.25, 0.3) is 0 Å². The maximum Gasteiger partial charge on any atom is 0.252 e. The van der Waals surface area contributed by atoms with Crippen molar-refractivity contribution in [2.24, 2.45) is 0 Å².